The van der Waals surface area contributed by atoms with Crippen LogP contribution in [-0.2, 0) is 21.2 Å². The van der Waals surface area contributed by atoms with Crippen LogP contribution in [0.3, 0.4) is 0 Å². The molecule has 1 aliphatic carbocycles. The van der Waals surface area contributed by atoms with Crippen LogP contribution in [0.1, 0.15) is 31.1 Å². The molecule has 0 unspecified atom stereocenters. The summed E-state index contributed by atoms with van der Waals surface area (Å²) in [5, 5.41) is 0. The number of hydrogen-bond donors (Lipinski definition) is 1. The van der Waals surface area contributed by atoms with Crippen LogP contribution in [0.2, 0.25) is 0 Å². The highest BCUT2D eigenvalue weighted by atomic mass is 32.2. The van der Waals surface area contributed by atoms with Gasteiger partial charge in [-0.25, -0.2) is 13.1 Å². The maximum atomic E-state index is 12.3. The molecular formula is C13H18N2O3S2. The van der Waals surface area contributed by atoms with Crippen molar-refractivity contribution < 1.29 is 13.2 Å². The van der Waals surface area contributed by atoms with E-state index in [1.54, 1.807) is 6.07 Å². The molecule has 2 aliphatic rings. The van der Waals surface area contributed by atoms with Gasteiger partial charge in [-0.3, -0.25) is 4.79 Å². The number of amides is 1. The fourth-order valence-electron chi connectivity index (χ4n) is 2.52. The quantitative estimate of drug-likeness (QED) is 0.892. The molecule has 2 fully saturated rings. The fraction of sp³-hybridized carbons (Fsp3) is 0.615. The SMILES string of the molecule is CCc1ccc(S(=O)(=O)N[C@H]2CC(=O)N(C3CC3)C2)s1. The van der Waals surface area contributed by atoms with E-state index in [2.05, 4.69) is 4.72 Å². The summed E-state index contributed by atoms with van der Waals surface area (Å²) in [5.74, 6) is 0.0700. The number of rotatable bonds is 5. The number of sulfonamides is 1. The van der Waals surface area contributed by atoms with Gasteiger partial charge in [0.1, 0.15) is 4.21 Å². The molecule has 20 heavy (non-hydrogen) atoms. The molecular weight excluding hydrogens is 296 g/mol. The van der Waals surface area contributed by atoms with Crippen molar-refractivity contribution in [2.24, 2.45) is 0 Å². The minimum atomic E-state index is -3.50. The van der Waals surface area contributed by atoms with E-state index in [0.717, 1.165) is 24.1 Å². The highest BCUT2D eigenvalue weighted by molar-refractivity contribution is 7.91. The highest BCUT2D eigenvalue weighted by Crippen LogP contribution is 2.31. The summed E-state index contributed by atoms with van der Waals surface area (Å²) in [7, 11) is -3.50. The van der Waals surface area contributed by atoms with Gasteiger partial charge in [0.25, 0.3) is 0 Å². The molecule has 0 spiro atoms. The molecule has 0 bridgehead atoms. The number of carbonyl (C=O) groups is 1. The normalized spacial score (nSPS) is 23.6. The third kappa shape index (κ3) is 2.75. The van der Waals surface area contributed by atoms with Gasteiger partial charge in [-0.2, -0.15) is 0 Å². The Hall–Kier alpha value is -0.920. The molecule has 2 heterocycles. The Kier molecular flexibility index (Phi) is 3.60. The lowest BCUT2D eigenvalue weighted by atomic mass is 10.3. The predicted octanol–water partition coefficient (Wildman–Crippen LogP) is 1.35. The zero-order valence-electron chi connectivity index (χ0n) is 11.3. The second-order valence-electron chi connectivity index (χ2n) is 5.37. The summed E-state index contributed by atoms with van der Waals surface area (Å²) in [4.78, 5) is 14.7. The highest BCUT2D eigenvalue weighted by Gasteiger charge is 2.40. The average Bonchev–Trinajstić information content (AvgIpc) is 2.98. The van der Waals surface area contributed by atoms with Gasteiger partial charge in [0.15, 0.2) is 0 Å². The number of nitrogens with zero attached hydrogens (tertiary/aromatic N) is 1. The number of thiophene rings is 1. The second-order valence-corrected chi connectivity index (χ2v) is 8.48. The van der Waals surface area contributed by atoms with Crippen LogP contribution in [0.5, 0.6) is 0 Å². The van der Waals surface area contributed by atoms with Gasteiger partial charge in [0.2, 0.25) is 15.9 Å². The molecule has 1 saturated heterocycles. The Balaban J connectivity index is 1.69. The second kappa shape index (κ2) is 5.13. The lowest BCUT2D eigenvalue weighted by Crippen LogP contribution is -2.37. The van der Waals surface area contributed by atoms with Gasteiger partial charge in [0, 0.05) is 29.9 Å². The number of likely N-dealkylation sites (tertiary alicyclic amines) is 1. The molecule has 0 radical (unpaired) electrons. The maximum Gasteiger partial charge on any atom is 0.250 e. The summed E-state index contributed by atoms with van der Waals surface area (Å²) in [6, 6.07) is 3.54. The predicted molar refractivity (Wildman–Crippen MR) is 77.2 cm³/mol. The molecule has 5 nitrogen and oxygen atoms in total. The molecule has 110 valence electrons. The van der Waals surface area contributed by atoms with E-state index in [-0.39, 0.29) is 18.4 Å². The Morgan fingerprint density at radius 1 is 1.40 bits per heavy atom. The van der Waals surface area contributed by atoms with Crippen molar-refractivity contribution in [1.29, 1.82) is 0 Å². The van der Waals surface area contributed by atoms with Gasteiger partial charge < -0.3 is 4.90 Å². The van der Waals surface area contributed by atoms with Gasteiger partial charge in [-0.15, -0.1) is 11.3 Å². The molecule has 7 heteroatoms. The number of carbonyl (C=O) groups excluding carboxylic acids is 1. The third-order valence-electron chi connectivity index (χ3n) is 3.72. The first kappa shape index (κ1) is 14.0. The first-order chi connectivity index (χ1) is 9.49. The average molecular weight is 314 g/mol. The van der Waals surface area contributed by atoms with E-state index in [4.69, 9.17) is 0 Å². The number of hydrogen-bond acceptors (Lipinski definition) is 4. The zero-order chi connectivity index (χ0) is 14.3. The van der Waals surface area contributed by atoms with E-state index in [9.17, 15) is 13.2 Å². The Morgan fingerprint density at radius 3 is 2.75 bits per heavy atom. The van der Waals surface area contributed by atoms with Crippen molar-refractivity contribution in [3.8, 4) is 0 Å². The van der Waals surface area contributed by atoms with Crippen molar-refractivity contribution in [3.05, 3.63) is 17.0 Å². The van der Waals surface area contributed by atoms with E-state index in [1.165, 1.54) is 11.3 Å². The van der Waals surface area contributed by atoms with Gasteiger partial charge in [-0.1, -0.05) is 6.92 Å². The lowest BCUT2D eigenvalue weighted by Gasteiger charge is -2.15. The van der Waals surface area contributed by atoms with Crippen LogP contribution in [-0.4, -0.2) is 37.9 Å². The van der Waals surface area contributed by atoms with Gasteiger partial charge in [0.05, 0.1) is 0 Å². The Labute approximate surface area is 123 Å². The van der Waals surface area contributed by atoms with Crippen LogP contribution in [0.4, 0.5) is 0 Å². The van der Waals surface area contributed by atoms with Gasteiger partial charge in [-0.05, 0) is 31.4 Å². The van der Waals surface area contributed by atoms with Crippen LogP contribution < -0.4 is 4.72 Å². The Bertz CT molecular complexity index is 619. The van der Waals surface area contributed by atoms with Crippen molar-refractivity contribution in [1.82, 2.24) is 9.62 Å². The fourth-order valence-corrected chi connectivity index (χ4v) is 5.06. The Morgan fingerprint density at radius 2 is 2.15 bits per heavy atom. The summed E-state index contributed by atoms with van der Waals surface area (Å²) in [6.07, 6.45) is 3.21. The zero-order valence-corrected chi connectivity index (χ0v) is 13.0. The number of aryl methyl sites for hydroxylation is 1. The van der Waals surface area contributed by atoms with E-state index >= 15 is 0 Å². The maximum absolute atomic E-state index is 12.3. The molecule has 1 aliphatic heterocycles. The molecule has 1 amide bonds. The largest absolute Gasteiger partial charge is 0.338 e. The first-order valence-corrected chi connectivity index (χ1v) is 9.20. The molecule has 3 rings (SSSR count). The number of nitrogens with one attached hydrogen (secondary N) is 1. The van der Waals surface area contributed by atoms with Crippen LogP contribution in [0.15, 0.2) is 16.3 Å². The summed E-state index contributed by atoms with van der Waals surface area (Å²) in [6.45, 7) is 2.51. The van der Waals surface area contributed by atoms with Gasteiger partial charge >= 0.3 is 0 Å². The summed E-state index contributed by atoms with van der Waals surface area (Å²) in [5.41, 5.74) is 0. The van der Waals surface area contributed by atoms with Crippen LogP contribution >= 0.6 is 11.3 Å². The smallest absolute Gasteiger partial charge is 0.250 e. The molecule has 1 atom stereocenters. The van der Waals surface area contributed by atoms with Crippen LogP contribution in [0.25, 0.3) is 0 Å². The topological polar surface area (TPSA) is 66.5 Å². The minimum Gasteiger partial charge on any atom is -0.338 e. The molecule has 1 saturated carbocycles. The van der Waals surface area contributed by atoms with E-state index in [1.807, 2.05) is 17.9 Å². The minimum absolute atomic E-state index is 0.0700. The lowest BCUT2D eigenvalue weighted by molar-refractivity contribution is -0.128. The van der Waals surface area contributed by atoms with Crippen LogP contribution in [0, 0.1) is 0 Å². The van der Waals surface area contributed by atoms with E-state index < -0.39 is 10.0 Å². The summed E-state index contributed by atoms with van der Waals surface area (Å²) < 4.78 is 27.6. The van der Waals surface area contributed by atoms with E-state index in [0.29, 0.717) is 16.8 Å². The van der Waals surface area contributed by atoms with Crippen molar-refractivity contribution in [2.45, 2.75) is 48.9 Å². The van der Waals surface area contributed by atoms with Crippen molar-refractivity contribution >= 4 is 27.3 Å². The monoisotopic (exact) mass is 314 g/mol. The molecule has 0 aromatic carbocycles. The molecule has 1 N–H and O–H groups in total. The first-order valence-electron chi connectivity index (χ1n) is 6.90. The third-order valence-corrected chi connectivity index (χ3v) is 6.96. The molecule has 1 aromatic rings. The van der Waals surface area contributed by atoms with Crippen molar-refractivity contribution in [2.75, 3.05) is 6.54 Å². The van der Waals surface area contributed by atoms with Crippen molar-refractivity contribution in [3.63, 3.8) is 0 Å². The molecule has 1 aromatic heterocycles. The summed E-state index contributed by atoms with van der Waals surface area (Å²) >= 11 is 1.29. The standard InChI is InChI=1S/C13H18N2O3S2/c1-2-11-5-6-13(19-11)20(17,18)14-9-7-12(16)15(8-9)10-3-4-10/h5-6,9-10,14H,2-4,7-8H2,1H3/t9-/m0/s1.